The SMILES string of the molecule is Cc1cc(-c2nc(C(C)Cc3coc(-c4nc(C(C)C)no4)c3)no2)on1. The molecule has 0 spiro atoms. The first-order valence-corrected chi connectivity index (χ1v) is 8.68. The predicted molar refractivity (Wildman–Crippen MR) is 92.7 cm³/mol. The van der Waals surface area contributed by atoms with E-state index in [2.05, 4.69) is 25.4 Å². The van der Waals surface area contributed by atoms with E-state index < -0.39 is 0 Å². The van der Waals surface area contributed by atoms with Crippen molar-refractivity contribution < 1.29 is 18.0 Å². The van der Waals surface area contributed by atoms with Crippen molar-refractivity contribution in [3.8, 4) is 23.3 Å². The van der Waals surface area contributed by atoms with Gasteiger partial charge in [0, 0.05) is 17.9 Å². The molecule has 0 N–H and O–H groups in total. The van der Waals surface area contributed by atoms with Gasteiger partial charge in [-0.25, -0.2) is 0 Å². The van der Waals surface area contributed by atoms with Crippen molar-refractivity contribution in [3.63, 3.8) is 0 Å². The minimum absolute atomic E-state index is 0.0193. The van der Waals surface area contributed by atoms with Gasteiger partial charge in [0.05, 0.1) is 12.0 Å². The number of rotatable bonds is 6. The van der Waals surface area contributed by atoms with Crippen molar-refractivity contribution in [1.29, 1.82) is 0 Å². The second-order valence-corrected chi connectivity index (χ2v) is 6.83. The van der Waals surface area contributed by atoms with Gasteiger partial charge in [-0.2, -0.15) is 9.97 Å². The quantitative estimate of drug-likeness (QED) is 0.494. The van der Waals surface area contributed by atoms with E-state index in [1.165, 1.54) is 0 Å². The lowest BCUT2D eigenvalue weighted by Crippen LogP contribution is -1.99. The molecule has 4 rings (SSSR count). The molecule has 0 aliphatic carbocycles. The van der Waals surface area contributed by atoms with Crippen LogP contribution in [-0.4, -0.2) is 25.4 Å². The second kappa shape index (κ2) is 6.82. The largest absolute Gasteiger partial charge is 0.459 e. The Balaban J connectivity index is 1.46. The van der Waals surface area contributed by atoms with Crippen molar-refractivity contribution in [1.82, 2.24) is 25.4 Å². The fourth-order valence-electron chi connectivity index (χ4n) is 2.61. The molecule has 0 aromatic carbocycles. The van der Waals surface area contributed by atoms with Gasteiger partial charge in [-0.05, 0) is 25.0 Å². The Morgan fingerprint density at radius 3 is 2.22 bits per heavy atom. The smallest absolute Gasteiger partial charge is 0.296 e. The number of hydrogen-bond donors (Lipinski definition) is 0. The summed E-state index contributed by atoms with van der Waals surface area (Å²) in [5.74, 6) is 3.14. The van der Waals surface area contributed by atoms with Crippen LogP contribution in [0.3, 0.4) is 0 Å². The molecule has 1 unspecified atom stereocenters. The van der Waals surface area contributed by atoms with Crippen LogP contribution in [0, 0.1) is 6.92 Å². The summed E-state index contributed by atoms with van der Waals surface area (Å²) in [7, 11) is 0. The van der Waals surface area contributed by atoms with Gasteiger partial charge in [0.25, 0.3) is 11.8 Å². The molecule has 9 nitrogen and oxygen atoms in total. The van der Waals surface area contributed by atoms with Crippen molar-refractivity contribution in [3.05, 3.63) is 41.3 Å². The van der Waals surface area contributed by atoms with Crippen LogP contribution in [0.25, 0.3) is 23.3 Å². The molecule has 9 heteroatoms. The maximum absolute atomic E-state index is 5.57. The Kier molecular flexibility index (Phi) is 4.35. The molecule has 0 radical (unpaired) electrons. The lowest BCUT2D eigenvalue weighted by atomic mass is 10.0. The van der Waals surface area contributed by atoms with Crippen LogP contribution in [-0.2, 0) is 6.42 Å². The van der Waals surface area contributed by atoms with Crippen molar-refractivity contribution in [2.75, 3.05) is 0 Å². The fourth-order valence-corrected chi connectivity index (χ4v) is 2.61. The van der Waals surface area contributed by atoms with Crippen molar-refractivity contribution in [2.45, 2.75) is 46.0 Å². The van der Waals surface area contributed by atoms with Crippen LogP contribution in [0.5, 0.6) is 0 Å². The Labute approximate surface area is 154 Å². The minimum Gasteiger partial charge on any atom is -0.459 e. The zero-order valence-corrected chi connectivity index (χ0v) is 15.5. The standard InChI is InChI=1S/C18H19N5O4/c1-9(2)15-19-17(26-22-15)13-7-12(8-24-13)5-10(3)16-20-18(27-23-16)14-6-11(4)21-25-14/h6-10H,5H2,1-4H3. The Bertz CT molecular complexity index is 1040. The average molecular weight is 369 g/mol. The highest BCUT2D eigenvalue weighted by atomic mass is 16.5. The van der Waals surface area contributed by atoms with E-state index in [0.29, 0.717) is 41.4 Å². The maximum atomic E-state index is 5.57. The van der Waals surface area contributed by atoms with Crippen LogP contribution in [0.4, 0.5) is 0 Å². The summed E-state index contributed by atoms with van der Waals surface area (Å²) in [6.07, 6.45) is 2.34. The summed E-state index contributed by atoms with van der Waals surface area (Å²) in [4.78, 5) is 8.74. The lowest BCUT2D eigenvalue weighted by Gasteiger charge is -2.02. The Morgan fingerprint density at radius 2 is 1.56 bits per heavy atom. The molecule has 0 bridgehead atoms. The minimum atomic E-state index is 0.0193. The van der Waals surface area contributed by atoms with Gasteiger partial charge in [0.2, 0.25) is 5.76 Å². The average Bonchev–Trinajstić information content (AvgIpc) is 3.40. The van der Waals surface area contributed by atoms with E-state index in [0.717, 1.165) is 11.3 Å². The van der Waals surface area contributed by atoms with E-state index in [1.54, 1.807) is 12.3 Å². The summed E-state index contributed by atoms with van der Waals surface area (Å²) in [6.45, 7) is 7.85. The third-order valence-electron chi connectivity index (χ3n) is 4.09. The summed E-state index contributed by atoms with van der Waals surface area (Å²) in [5, 5.41) is 11.8. The van der Waals surface area contributed by atoms with Crippen LogP contribution in [0.1, 0.15) is 55.5 Å². The lowest BCUT2D eigenvalue weighted by molar-refractivity contribution is 0.378. The molecule has 0 amide bonds. The van der Waals surface area contributed by atoms with Gasteiger partial charge in [-0.1, -0.05) is 36.2 Å². The number of aryl methyl sites for hydroxylation is 1. The normalized spacial score (nSPS) is 12.8. The number of hydrogen-bond acceptors (Lipinski definition) is 9. The summed E-state index contributed by atoms with van der Waals surface area (Å²) >= 11 is 0. The van der Waals surface area contributed by atoms with Gasteiger partial charge in [0.15, 0.2) is 17.4 Å². The van der Waals surface area contributed by atoms with E-state index >= 15 is 0 Å². The predicted octanol–water partition coefficient (Wildman–Crippen LogP) is 4.15. The molecular weight excluding hydrogens is 350 g/mol. The van der Waals surface area contributed by atoms with Crippen LogP contribution in [0.15, 0.2) is 36.4 Å². The van der Waals surface area contributed by atoms with Gasteiger partial charge in [0.1, 0.15) is 0 Å². The Hall–Kier alpha value is -3.23. The van der Waals surface area contributed by atoms with Crippen LogP contribution in [0.2, 0.25) is 0 Å². The highest BCUT2D eigenvalue weighted by molar-refractivity contribution is 5.46. The number of nitrogens with zero attached hydrogens (tertiary/aromatic N) is 5. The highest BCUT2D eigenvalue weighted by Crippen LogP contribution is 2.27. The van der Waals surface area contributed by atoms with Gasteiger partial charge in [-0.3, -0.25) is 0 Å². The Morgan fingerprint density at radius 1 is 0.852 bits per heavy atom. The van der Waals surface area contributed by atoms with Crippen molar-refractivity contribution in [2.24, 2.45) is 0 Å². The third-order valence-corrected chi connectivity index (χ3v) is 4.09. The molecule has 0 aliphatic rings. The summed E-state index contributed by atoms with van der Waals surface area (Å²) in [5.41, 5.74) is 1.73. The molecular formula is C18H19N5O4. The third kappa shape index (κ3) is 3.53. The fraction of sp³-hybridized carbons (Fsp3) is 0.389. The van der Waals surface area contributed by atoms with E-state index in [-0.39, 0.29) is 11.8 Å². The van der Waals surface area contributed by atoms with E-state index in [9.17, 15) is 0 Å². The molecule has 27 heavy (non-hydrogen) atoms. The first kappa shape index (κ1) is 17.2. The molecule has 140 valence electrons. The molecule has 0 fully saturated rings. The van der Waals surface area contributed by atoms with Gasteiger partial charge < -0.3 is 18.0 Å². The summed E-state index contributed by atoms with van der Waals surface area (Å²) in [6, 6.07) is 3.63. The number of furan rings is 1. The highest BCUT2D eigenvalue weighted by Gasteiger charge is 2.20. The first-order chi connectivity index (χ1) is 13.0. The second-order valence-electron chi connectivity index (χ2n) is 6.83. The zero-order valence-electron chi connectivity index (χ0n) is 15.5. The van der Waals surface area contributed by atoms with E-state index in [1.807, 2.05) is 33.8 Å². The first-order valence-electron chi connectivity index (χ1n) is 8.68. The summed E-state index contributed by atoms with van der Waals surface area (Å²) < 4.78 is 21.3. The van der Waals surface area contributed by atoms with Gasteiger partial charge >= 0.3 is 0 Å². The van der Waals surface area contributed by atoms with Crippen LogP contribution < -0.4 is 0 Å². The molecule has 0 aliphatic heterocycles. The molecule has 0 saturated carbocycles. The molecule has 1 atom stereocenters. The van der Waals surface area contributed by atoms with E-state index in [4.69, 9.17) is 18.0 Å². The maximum Gasteiger partial charge on any atom is 0.296 e. The molecule has 0 saturated heterocycles. The molecule has 4 heterocycles. The molecule has 4 aromatic heterocycles. The van der Waals surface area contributed by atoms with Gasteiger partial charge in [-0.15, -0.1) is 0 Å². The van der Waals surface area contributed by atoms with Crippen molar-refractivity contribution >= 4 is 0 Å². The molecule has 4 aromatic rings. The monoisotopic (exact) mass is 369 g/mol. The zero-order chi connectivity index (χ0) is 19.0. The topological polar surface area (TPSA) is 117 Å². The van der Waals surface area contributed by atoms with Crippen LogP contribution >= 0.6 is 0 Å². The number of aromatic nitrogens is 5.